The summed E-state index contributed by atoms with van der Waals surface area (Å²) in [7, 11) is 0. The van der Waals surface area contributed by atoms with Crippen LogP contribution >= 0.6 is 0 Å². The Balaban J connectivity index is 1.29. The summed E-state index contributed by atoms with van der Waals surface area (Å²) in [4.78, 5) is 31.6. The number of nitro benzene ring substituents is 3. The molecule has 0 N–H and O–H groups in total. The highest BCUT2D eigenvalue weighted by atomic mass is 16.6. The summed E-state index contributed by atoms with van der Waals surface area (Å²) in [6, 6.07) is 40.2. The lowest BCUT2D eigenvalue weighted by Crippen LogP contribution is -2.25. The van der Waals surface area contributed by atoms with Gasteiger partial charge in [-0.25, -0.2) is 0 Å². The number of non-ortho nitro benzene ring substituents is 3. The average molecular weight is 670 g/mol. The summed E-state index contributed by atoms with van der Waals surface area (Å²) in [6.07, 6.45) is 0. The van der Waals surface area contributed by atoms with Crippen LogP contribution in [-0.2, 0) is 5.41 Å². The van der Waals surface area contributed by atoms with Gasteiger partial charge in [-0.2, -0.15) is 0 Å². The first-order valence-corrected chi connectivity index (χ1v) is 15.2. The molecule has 0 bridgehead atoms. The summed E-state index contributed by atoms with van der Waals surface area (Å²) in [5, 5.41) is 33.0. The predicted octanol–water partition coefficient (Wildman–Crippen LogP) is 10.1. The third-order valence-electron chi connectivity index (χ3n) is 8.14. The number of nitrogens with zero attached hydrogens (tertiary/aromatic N) is 3. The van der Waals surface area contributed by atoms with Crippen LogP contribution in [0.2, 0.25) is 0 Å². The number of hydrogen-bond donors (Lipinski definition) is 0. The lowest BCUT2D eigenvalue weighted by atomic mass is 9.71. The molecule has 0 aliphatic heterocycles. The first kappa shape index (κ1) is 32.8. The van der Waals surface area contributed by atoms with E-state index < -0.39 is 20.2 Å². The first-order chi connectivity index (χ1) is 24.1. The Morgan fingerprint density at radius 2 is 0.540 bits per heavy atom. The molecule has 0 radical (unpaired) electrons. The van der Waals surface area contributed by atoms with E-state index in [0.29, 0.717) is 34.5 Å². The van der Waals surface area contributed by atoms with Crippen molar-refractivity contribution in [1.82, 2.24) is 0 Å². The normalized spacial score (nSPS) is 11.0. The van der Waals surface area contributed by atoms with E-state index in [-0.39, 0.29) is 17.1 Å². The van der Waals surface area contributed by atoms with Gasteiger partial charge in [0.2, 0.25) is 0 Å². The van der Waals surface area contributed by atoms with E-state index in [9.17, 15) is 30.3 Å². The van der Waals surface area contributed by atoms with Crippen LogP contribution in [0.3, 0.4) is 0 Å². The van der Waals surface area contributed by atoms with E-state index in [1.54, 1.807) is 0 Å². The highest BCUT2D eigenvalue weighted by Crippen LogP contribution is 2.41. The van der Waals surface area contributed by atoms with Crippen molar-refractivity contribution in [2.75, 3.05) is 0 Å². The van der Waals surface area contributed by atoms with Crippen molar-refractivity contribution in [1.29, 1.82) is 0 Å². The molecule has 0 aliphatic carbocycles. The fourth-order valence-electron chi connectivity index (χ4n) is 5.38. The second-order valence-corrected chi connectivity index (χ2v) is 11.3. The molecule has 248 valence electrons. The van der Waals surface area contributed by atoms with Gasteiger partial charge in [-0.15, -0.1) is 0 Å². The minimum atomic E-state index is -0.691. The van der Waals surface area contributed by atoms with Crippen molar-refractivity contribution in [3.05, 3.63) is 193 Å². The van der Waals surface area contributed by atoms with E-state index in [1.807, 2.05) is 72.8 Å². The fraction of sp³-hybridized carbons (Fsp3) is 0.0526. The summed E-state index contributed by atoms with van der Waals surface area (Å²) >= 11 is 0. The minimum Gasteiger partial charge on any atom is -0.457 e. The van der Waals surface area contributed by atoms with Crippen molar-refractivity contribution in [3.63, 3.8) is 0 Å². The SMILES string of the molecule is CC(c1ccc(Oc2ccc([N+](=O)[O-])cc2)cc1)(c1ccc(Oc2ccc([N+](=O)[O-])cc2)cc1)c1ccc(Oc2ccc([N+](=O)[O-])cc2)cc1. The lowest BCUT2D eigenvalue weighted by molar-refractivity contribution is -0.385. The van der Waals surface area contributed by atoms with Crippen LogP contribution in [0.5, 0.6) is 34.5 Å². The molecule has 12 heteroatoms. The van der Waals surface area contributed by atoms with E-state index in [1.165, 1.54) is 72.8 Å². The van der Waals surface area contributed by atoms with Gasteiger partial charge < -0.3 is 14.2 Å². The van der Waals surface area contributed by atoms with Gasteiger partial charge in [-0.05, 0) is 96.4 Å². The molecule has 12 nitrogen and oxygen atoms in total. The third-order valence-corrected chi connectivity index (χ3v) is 8.14. The molecule has 0 aliphatic rings. The fourth-order valence-corrected chi connectivity index (χ4v) is 5.38. The maximum atomic E-state index is 11.0. The monoisotopic (exact) mass is 669 g/mol. The zero-order valence-corrected chi connectivity index (χ0v) is 26.4. The van der Waals surface area contributed by atoms with Crippen LogP contribution < -0.4 is 14.2 Å². The molecule has 0 heterocycles. The lowest BCUT2D eigenvalue weighted by Gasteiger charge is -2.32. The van der Waals surface area contributed by atoms with Gasteiger partial charge in [-0.3, -0.25) is 30.3 Å². The zero-order chi connectivity index (χ0) is 35.3. The number of ether oxygens (including phenoxy) is 3. The van der Waals surface area contributed by atoms with Gasteiger partial charge in [0.15, 0.2) is 0 Å². The maximum absolute atomic E-state index is 11.0. The van der Waals surface area contributed by atoms with Crippen LogP contribution in [0.4, 0.5) is 17.1 Å². The molecule has 0 aromatic heterocycles. The number of nitro groups is 3. The molecule has 0 amide bonds. The molecular formula is C38H27N3O9. The minimum absolute atomic E-state index is 0.0308. The van der Waals surface area contributed by atoms with E-state index in [0.717, 1.165) is 16.7 Å². The second kappa shape index (κ2) is 14.0. The Morgan fingerprint density at radius 3 is 0.720 bits per heavy atom. The number of benzene rings is 6. The van der Waals surface area contributed by atoms with Gasteiger partial charge in [0.25, 0.3) is 17.1 Å². The Labute approximate surface area is 285 Å². The Kier molecular flexibility index (Phi) is 9.17. The van der Waals surface area contributed by atoms with Crippen molar-refractivity contribution in [2.24, 2.45) is 0 Å². The van der Waals surface area contributed by atoms with Crippen LogP contribution in [0.1, 0.15) is 23.6 Å². The topological polar surface area (TPSA) is 157 Å². The molecule has 6 aromatic rings. The number of rotatable bonds is 12. The Bertz CT molecular complexity index is 1890. The van der Waals surface area contributed by atoms with Crippen molar-refractivity contribution >= 4 is 17.1 Å². The molecule has 6 rings (SSSR count). The molecule has 50 heavy (non-hydrogen) atoms. The van der Waals surface area contributed by atoms with Crippen molar-refractivity contribution in [2.45, 2.75) is 12.3 Å². The van der Waals surface area contributed by atoms with Gasteiger partial charge in [0, 0.05) is 41.8 Å². The first-order valence-electron chi connectivity index (χ1n) is 15.2. The van der Waals surface area contributed by atoms with Gasteiger partial charge >= 0.3 is 0 Å². The van der Waals surface area contributed by atoms with Crippen molar-refractivity contribution in [3.8, 4) is 34.5 Å². The van der Waals surface area contributed by atoms with Crippen LogP contribution in [0.25, 0.3) is 0 Å². The van der Waals surface area contributed by atoms with Gasteiger partial charge in [-0.1, -0.05) is 36.4 Å². The largest absolute Gasteiger partial charge is 0.457 e. The summed E-state index contributed by atoms with van der Waals surface area (Å²) < 4.78 is 17.8. The second-order valence-electron chi connectivity index (χ2n) is 11.3. The summed E-state index contributed by atoms with van der Waals surface area (Å²) in [6.45, 7) is 2.08. The van der Waals surface area contributed by atoms with E-state index >= 15 is 0 Å². The summed E-state index contributed by atoms with van der Waals surface area (Å²) in [5.41, 5.74) is 2.01. The number of hydrogen-bond acceptors (Lipinski definition) is 9. The van der Waals surface area contributed by atoms with Gasteiger partial charge in [0.1, 0.15) is 34.5 Å². The molecule has 6 aromatic carbocycles. The smallest absolute Gasteiger partial charge is 0.269 e. The third kappa shape index (κ3) is 7.24. The van der Waals surface area contributed by atoms with Crippen molar-refractivity contribution < 1.29 is 29.0 Å². The van der Waals surface area contributed by atoms with E-state index in [4.69, 9.17) is 14.2 Å². The van der Waals surface area contributed by atoms with Crippen LogP contribution in [0.15, 0.2) is 146 Å². The van der Waals surface area contributed by atoms with Crippen LogP contribution in [-0.4, -0.2) is 14.8 Å². The average Bonchev–Trinajstić information content (AvgIpc) is 3.13. The van der Waals surface area contributed by atoms with Gasteiger partial charge in [0.05, 0.1) is 14.8 Å². The molecule has 0 unspecified atom stereocenters. The van der Waals surface area contributed by atoms with E-state index in [2.05, 4.69) is 6.92 Å². The standard InChI is InChI=1S/C38H27N3O9/c1-38(26-2-14-32(15-3-26)48-35-20-8-29(9-21-35)39(42)43,27-4-16-33(17-5-27)49-36-22-10-30(11-23-36)40(44)45)28-6-18-34(19-7-28)50-37-24-12-31(13-25-37)41(46)47/h2-25H,1H3. The van der Waals surface area contributed by atoms with Crippen LogP contribution in [0, 0.1) is 30.3 Å². The summed E-state index contributed by atoms with van der Waals surface area (Å²) in [5.74, 6) is 3.01. The Morgan fingerprint density at radius 1 is 0.360 bits per heavy atom. The molecule has 0 saturated carbocycles. The highest BCUT2D eigenvalue weighted by Gasteiger charge is 2.31. The predicted molar refractivity (Wildman–Crippen MR) is 184 cm³/mol. The maximum Gasteiger partial charge on any atom is 0.269 e. The highest BCUT2D eigenvalue weighted by molar-refractivity contribution is 5.53. The molecule has 0 atom stereocenters. The quantitative estimate of drug-likeness (QED) is 0.0702. The molecular weight excluding hydrogens is 642 g/mol. The molecule has 0 saturated heterocycles. The zero-order valence-electron chi connectivity index (χ0n) is 26.4. The Hall–Kier alpha value is -7.08. The molecule has 0 spiro atoms. The molecule has 0 fully saturated rings.